The van der Waals surface area contributed by atoms with Crippen LogP contribution in [0.15, 0.2) is 54.6 Å². The fraction of sp³-hybridized carbons (Fsp3) is 0.286. The monoisotopic (exact) mass is 513 g/mol. The van der Waals surface area contributed by atoms with Crippen molar-refractivity contribution >= 4 is 11.9 Å². The summed E-state index contributed by atoms with van der Waals surface area (Å²) in [7, 11) is 3.08. The Balaban J connectivity index is 1.88. The molecule has 37 heavy (non-hydrogen) atoms. The first-order valence-corrected chi connectivity index (χ1v) is 11.7. The molecular formula is C28H29F2NO6. The Labute approximate surface area is 214 Å². The van der Waals surface area contributed by atoms with Crippen molar-refractivity contribution in [3.05, 3.63) is 82.9 Å². The molecular weight excluding hydrogens is 484 g/mol. The second-order valence-electron chi connectivity index (χ2n) is 8.12. The molecule has 0 aromatic heterocycles. The Morgan fingerprint density at radius 2 is 1.54 bits per heavy atom. The molecule has 0 aliphatic carbocycles. The third-order valence-corrected chi connectivity index (χ3v) is 5.71. The van der Waals surface area contributed by atoms with Gasteiger partial charge in [-0.15, -0.1) is 0 Å². The molecule has 0 aliphatic rings. The van der Waals surface area contributed by atoms with Crippen LogP contribution in [0.3, 0.4) is 0 Å². The minimum atomic E-state index is -1.17. The molecule has 3 aromatic carbocycles. The van der Waals surface area contributed by atoms with Crippen molar-refractivity contribution in [2.24, 2.45) is 0 Å². The van der Waals surface area contributed by atoms with Crippen LogP contribution in [0.1, 0.15) is 28.4 Å². The fourth-order valence-corrected chi connectivity index (χ4v) is 3.95. The Morgan fingerprint density at radius 3 is 2.05 bits per heavy atom. The quantitative estimate of drug-likeness (QED) is 0.375. The highest BCUT2D eigenvalue weighted by molar-refractivity contribution is 5.97. The Bertz CT molecular complexity index is 1200. The molecule has 0 radical (unpaired) electrons. The van der Waals surface area contributed by atoms with E-state index in [0.29, 0.717) is 29.0 Å². The Morgan fingerprint density at radius 1 is 0.946 bits per heavy atom. The van der Waals surface area contributed by atoms with Gasteiger partial charge in [0.1, 0.15) is 34.7 Å². The van der Waals surface area contributed by atoms with E-state index in [-0.39, 0.29) is 19.6 Å². The zero-order valence-electron chi connectivity index (χ0n) is 20.8. The predicted molar refractivity (Wildman–Crippen MR) is 134 cm³/mol. The minimum Gasteiger partial charge on any atom is -0.496 e. The number of aliphatic hydroxyl groups excluding tert-OH is 1. The highest BCUT2D eigenvalue weighted by Gasteiger charge is 2.26. The average Bonchev–Trinajstić information content (AvgIpc) is 2.88. The van der Waals surface area contributed by atoms with E-state index in [2.05, 4.69) is 5.32 Å². The van der Waals surface area contributed by atoms with E-state index in [1.165, 1.54) is 0 Å². The van der Waals surface area contributed by atoms with Crippen LogP contribution in [0.5, 0.6) is 11.5 Å². The van der Waals surface area contributed by atoms with Crippen LogP contribution in [-0.2, 0) is 22.4 Å². The molecule has 3 rings (SSSR count). The third kappa shape index (κ3) is 6.62. The lowest BCUT2D eigenvalue weighted by Crippen LogP contribution is -2.44. The number of benzene rings is 3. The van der Waals surface area contributed by atoms with Crippen molar-refractivity contribution in [3.8, 4) is 22.6 Å². The van der Waals surface area contributed by atoms with Crippen LogP contribution in [0.4, 0.5) is 8.78 Å². The molecule has 3 aromatic rings. The number of methoxy groups -OCH3 is 2. The molecule has 0 bridgehead atoms. The summed E-state index contributed by atoms with van der Waals surface area (Å²) in [5, 5.41) is 11.7. The predicted octanol–water partition coefficient (Wildman–Crippen LogP) is 4.09. The second-order valence-corrected chi connectivity index (χ2v) is 8.12. The number of aliphatic hydroxyl groups is 1. The molecule has 0 spiro atoms. The van der Waals surface area contributed by atoms with Crippen molar-refractivity contribution < 1.29 is 37.7 Å². The number of rotatable bonds is 11. The summed E-state index contributed by atoms with van der Waals surface area (Å²) < 4.78 is 44.3. The highest BCUT2D eigenvalue weighted by atomic mass is 19.1. The normalized spacial score (nSPS) is 11.5. The van der Waals surface area contributed by atoms with Gasteiger partial charge in [-0.1, -0.05) is 30.3 Å². The zero-order valence-corrected chi connectivity index (χ0v) is 20.8. The lowest BCUT2D eigenvalue weighted by Gasteiger charge is -2.19. The van der Waals surface area contributed by atoms with E-state index in [0.717, 1.165) is 29.3 Å². The summed E-state index contributed by atoms with van der Waals surface area (Å²) in [5.74, 6) is -2.70. The molecule has 196 valence electrons. The van der Waals surface area contributed by atoms with E-state index >= 15 is 0 Å². The van der Waals surface area contributed by atoms with Crippen LogP contribution >= 0.6 is 0 Å². The molecule has 0 heterocycles. The topological polar surface area (TPSA) is 94.1 Å². The number of amides is 1. The molecule has 0 saturated heterocycles. The largest absolute Gasteiger partial charge is 0.496 e. The number of hydrogen-bond acceptors (Lipinski definition) is 6. The van der Waals surface area contributed by atoms with Crippen molar-refractivity contribution in [2.75, 3.05) is 27.4 Å². The molecule has 1 amide bonds. The number of halogens is 2. The molecule has 9 heteroatoms. The number of hydrogen-bond donors (Lipinski definition) is 2. The average molecular weight is 514 g/mol. The zero-order chi connectivity index (χ0) is 26.9. The van der Waals surface area contributed by atoms with Crippen LogP contribution in [-0.4, -0.2) is 50.5 Å². The SMILES string of the molecule is CCOC(=O)[C@H](Cc1ccc(-c2c(OC)cc(CCO)cc2OC)cc1)NC(=O)c1c(F)cccc1F. The number of ether oxygens (including phenoxy) is 3. The number of carbonyl (C=O) groups excluding carboxylic acids is 2. The van der Waals surface area contributed by atoms with Crippen molar-refractivity contribution in [2.45, 2.75) is 25.8 Å². The summed E-state index contributed by atoms with van der Waals surface area (Å²) in [6, 6.07) is 12.7. The van der Waals surface area contributed by atoms with Gasteiger partial charge in [0.15, 0.2) is 0 Å². The van der Waals surface area contributed by atoms with E-state index in [9.17, 15) is 23.5 Å². The molecule has 0 saturated carbocycles. The molecule has 0 aliphatic heterocycles. The van der Waals surface area contributed by atoms with Crippen LogP contribution in [0, 0.1) is 11.6 Å². The van der Waals surface area contributed by atoms with Crippen LogP contribution in [0.25, 0.3) is 11.1 Å². The van der Waals surface area contributed by atoms with E-state index in [1.54, 1.807) is 33.3 Å². The van der Waals surface area contributed by atoms with Gasteiger partial charge in [0, 0.05) is 13.0 Å². The van der Waals surface area contributed by atoms with Gasteiger partial charge >= 0.3 is 5.97 Å². The van der Waals surface area contributed by atoms with E-state index in [4.69, 9.17) is 14.2 Å². The maximum absolute atomic E-state index is 14.1. The van der Waals surface area contributed by atoms with Crippen LogP contribution in [0.2, 0.25) is 0 Å². The number of nitrogens with one attached hydrogen (secondary N) is 1. The van der Waals surface area contributed by atoms with Crippen molar-refractivity contribution in [1.29, 1.82) is 0 Å². The second kappa shape index (κ2) is 12.8. The fourth-order valence-electron chi connectivity index (χ4n) is 3.95. The molecule has 7 nitrogen and oxygen atoms in total. The Hall–Kier alpha value is -3.98. The van der Waals surface area contributed by atoms with Crippen LogP contribution < -0.4 is 14.8 Å². The summed E-state index contributed by atoms with van der Waals surface area (Å²) in [4.78, 5) is 25.2. The van der Waals surface area contributed by atoms with Gasteiger partial charge in [0.05, 0.1) is 26.4 Å². The summed E-state index contributed by atoms with van der Waals surface area (Å²) in [6.07, 6.45) is 0.480. The molecule has 2 N–H and O–H groups in total. The third-order valence-electron chi connectivity index (χ3n) is 5.71. The van der Waals surface area contributed by atoms with Crippen molar-refractivity contribution in [3.63, 3.8) is 0 Å². The van der Waals surface area contributed by atoms with Gasteiger partial charge in [0.2, 0.25) is 0 Å². The highest BCUT2D eigenvalue weighted by Crippen LogP contribution is 2.39. The maximum atomic E-state index is 14.1. The van der Waals surface area contributed by atoms with Gasteiger partial charge in [-0.05, 0) is 54.3 Å². The first-order chi connectivity index (χ1) is 17.8. The van der Waals surface area contributed by atoms with E-state index < -0.39 is 35.1 Å². The first-order valence-electron chi connectivity index (χ1n) is 11.7. The maximum Gasteiger partial charge on any atom is 0.328 e. The Kier molecular flexibility index (Phi) is 9.57. The lowest BCUT2D eigenvalue weighted by molar-refractivity contribution is -0.145. The number of carbonyl (C=O) groups is 2. The van der Waals surface area contributed by atoms with Gasteiger partial charge in [-0.25, -0.2) is 13.6 Å². The van der Waals surface area contributed by atoms with Gasteiger partial charge in [-0.2, -0.15) is 0 Å². The van der Waals surface area contributed by atoms with Gasteiger partial charge in [-0.3, -0.25) is 4.79 Å². The van der Waals surface area contributed by atoms with Crippen molar-refractivity contribution in [1.82, 2.24) is 5.32 Å². The summed E-state index contributed by atoms with van der Waals surface area (Å²) in [6.45, 7) is 1.68. The van der Waals surface area contributed by atoms with Gasteiger partial charge < -0.3 is 24.6 Å². The first kappa shape index (κ1) is 27.6. The lowest BCUT2D eigenvalue weighted by atomic mass is 9.97. The van der Waals surface area contributed by atoms with Gasteiger partial charge in [0.25, 0.3) is 5.91 Å². The summed E-state index contributed by atoms with van der Waals surface area (Å²) in [5.41, 5.74) is 2.25. The molecule has 0 fully saturated rings. The minimum absolute atomic E-state index is 0.0118. The number of esters is 1. The molecule has 1 atom stereocenters. The standard InChI is InChI=1S/C28H29F2NO6/c1-4-37-28(34)22(31-27(33)26-20(29)6-5-7-21(26)30)14-17-8-10-19(11-9-17)25-23(35-2)15-18(12-13-32)16-24(25)36-3/h5-11,15-16,22,32H,4,12-14H2,1-3H3,(H,31,33)/t22-/m0/s1. The van der Waals surface area contributed by atoms with E-state index in [1.807, 2.05) is 24.3 Å². The molecule has 0 unspecified atom stereocenters. The smallest absolute Gasteiger partial charge is 0.328 e. The summed E-state index contributed by atoms with van der Waals surface area (Å²) >= 11 is 0.